The zero-order valence-electron chi connectivity index (χ0n) is 23.2. The van der Waals surface area contributed by atoms with Gasteiger partial charge in [-0.3, -0.25) is 19.2 Å². The highest BCUT2D eigenvalue weighted by Crippen LogP contribution is 2.67. The molecule has 10 nitrogen and oxygen atoms in total. The van der Waals surface area contributed by atoms with Gasteiger partial charge in [-0.05, 0) is 56.1 Å². The molecule has 0 radical (unpaired) electrons. The van der Waals surface area contributed by atoms with Crippen molar-refractivity contribution in [1.82, 2.24) is 5.32 Å². The normalized spacial score (nSPS) is 37.0. The van der Waals surface area contributed by atoms with Gasteiger partial charge in [0.25, 0.3) is 0 Å². The molecule has 0 aromatic carbocycles. The number of aliphatic hydroxyl groups is 2. The number of hydrogen-bond acceptors (Lipinski definition) is 9. The van der Waals surface area contributed by atoms with Gasteiger partial charge in [0.1, 0.15) is 5.60 Å². The predicted octanol–water partition coefficient (Wildman–Crippen LogP) is 1.62. The van der Waals surface area contributed by atoms with Crippen LogP contribution in [0.1, 0.15) is 58.8 Å². The highest BCUT2D eigenvalue weighted by Gasteiger charge is 2.68. The average molecular weight is 548 g/mol. The fraction of sp³-hybridized carbons (Fsp3) is 0.724. The molecule has 0 bridgehead atoms. The molecule has 0 heterocycles. The van der Waals surface area contributed by atoms with Gasteiger partial charge < -0.3 is 29.7 Å². The molecule has 39 heavy (non-hydrogen) atoms. The quantitative estimate of drug-likeness (QED) is 0.274. The Morgan fingerprint density at radius 3 is 2.56 bits per heavy atom. The van der Waals surface area contributed by atoms with Crippen LogP contribution < -0.4 is 5.32 Å². The van der Waals surface area contributed by atoms with Crippen LogP contribution in [-0.4, -0.2) is 79.0 Å². The minimum Gasteiger partial charge on any atom is -0.458 e. The second-order valence-electron chi connectivity index (χ2n) is 11.9. The van der Waals surface area contributed by atoms with Crippen LogP contribution in [0.5, 0.6) is 0 Å². The van der Waals surface area contributed by atoms with Crippen molar-refractivity contribution < 1.29 is 43.6 Å². The van der Waals surface area contributed by atoms with E-state index in [0.717, 1.165) is 18.4 Å². The number of nitrogens with one attached hydrogen (secondary N) is 1. The van der Waals surface area contributed by atoms with E-state index in [9.17, 15) is 29.4 Å². The lowest BCUT2D eigenvalue weighted by atomic mass is 9.46. The molecule has 7 atom stereocenters. The van der Waals surface area contributed by atoms with Gasteiger partial charge in [-0.1, -0.05) is 25.5 Å². The molecular weight excluding hydrogens is 506 g/mol. The van der Waals surface area contributed by atoms with Crippen molar-refractivity contribution in [2.75, 3.05) is 27.4 Å². The Bertz CT molecular complexity index is 1060. The Balaban J connectivity index is 1.37. The molecule has 7 unspecified atom stereocenters. The standard InChI is InChI=1S/C29H41NO9/c1-27-11-9-18(31)13-17(27)5-6-19-20-10-12-29(36,28(20,2)14-21(32)26(19)27)22(33)16-39-24(35)8-7-23(34)30-15-25(37-3)38-4/h9,11,13,19-21,25-26,32,36H,5-8,10,12,14-16H2,1-4H3,(H,30,34). The molecule has 0 aromatic heterocycles. The minimum atomic E-state index is -1.73. The van der Waals surface area contributed by atoms with E-state index in [1.165, 1.54) is 14.2 Å². The third kappa shape index (κ3) is 5.24. The van der Waals surface area contributed by atoms with Crippen molar-refractivity contribution in [1.29, 1.82) is 0 Å². The molecule has 10 heteroatoms. The van der Waals surface area contributed by atoms with Gasteiger partial charge >= 0.3 is 5.97 Å². The summed E-state index contributed by atoms with van der Waals surface area (Å²) in [6.07, 6.45) is 6.12. The van der Waals surface area contributed by atoms with Gasteiger partial charge in [0, 0.05) is 37.4 Å². The van der Waals surface area contributed by atoms with Crippen LogP contribution >= 0.6 is 0 Å². The van der Waals surface area contributed by atoms with E-state index >= 15 is 0 Å². The molecule has 3 saturated carbocycles. The maximum Gasteiger partial charge on any atom is 0.306 e. The molecule has 216 valence electrons. The number of carbonyl (C=O) groups is 4. The largest absolute Gasteiger partial charge is 0.458 e. The monoisotopic (exact) mass is 547 g/mol. The molecule has 4 aliphatic rings. The smallest absolute Gasteiger partial charge is 0.306 e. The Hall–Kier alpha value is -2.40. The summed E-state index contributed by atoms with van der Waals surface area (Å²) < 4.78 is 15.1. The van der Waals surface area contributed by atoms with Crippen molar-refractivity contribution in [2.24, 2.45) is 28.6 Å². The van der Waals surface area contributed by atoms with Crippen LogP contribution in [0.15, 0.2) is 23.8 Å². The summed E-state index contributed by atoms with van der Waals surface area (Å²) >= 11 is 0. The van der Waals surface area contributed by atoms with Crippen LogP contribution in [0.3, 0.4) is 0 Å². The highest BCUT2D eigenvalue weighted by molar-refractivity contribution is 6.01. The van der Waals surface area contributed by atoms with Crippen molar-refractivity contribution in [2.45, 2.75) is 76.8 Å². The number of hydrogen-bond donors (Lipinski definition) is 3. The lowest BCUT2D eigenvalue weighted by molar-refractivity contribution is -0.181. The summed E-state index contributed by atoms with van der Waals surface area (Å²) in [6, 6.07) is 0. The first-order chi connectivity index (χ1) is 18.4. The number of rotatable bonds is 10. The van der Waals surface area contributed by atoms with E-state index in [1.807, 2.05) is 13.0 Å². The van der Waals surface area contributed by atoms with Gasteiger partial charge in [-0.15, -0.1) is 0 Å². The molecule has 3 N–H and O–H groups in total. The maximum absolute atomic E-state index is 13.3. The second-order valence-corrected chi connectivity index (χ2v) is 11.9. The summed E-state index contributed by atoms with van der Waals surface area (Å²) in [5.74, 6) is -1.72. The van der Waals surface area contributed by atoms with Crippen molar-refractivity contribution >= 4 is 23.4 Å². The predicted molar refractivity (Wildman–Crippen MR) is 139 cm³/mol. The van der Waals surface area contributed by atoms with E-state index in [2.05, 4.69) is 12.2 Å². The van der Waals surface area contributed by atoms with E-state index in [0.29, 0.717) is 6.42 Å². The number of amides is 1. The van der Waals surface area contributed by atoms with Gasteiger partial charge in [0.05, 0.1) is 19.1 Å². The number of ether oxygens (including phenoxy) is 3. The van der Waals surface area contributed by atoms with Crippen molar-refractivity contribution in [3.8, 4) is 0 Å². The number of carbonyl (C=O) groups excluding carboxylic acids is 4. The number of allylic oxidation sites excluding steroid dienone is 4. The Labute approximate surface area is 229 Å². The molecule has 4 aliphatic carbocycles. The molecule has 0 aliphatic heterocycles. The summed E-state index contributed by atoms with van der Waals surface area (Å²) in [6.45, 7) is 3.48. The van der Waals surface area contributed by atoms with Crippen molar-refractivity contribution in [3.63, 3.8) is 0 Å². The molecule has 0 spiro atoms. The summed E-state index contributed by atoms with van der Waals surface area (Å²) in [4.78, 5) is 49.6. The number of fused-ring (bicyclic) bond motifs is 5. The van der Waals surface area contributed by atoms with Crippen LogP contribution in [-0.2, 0) is 33.4 Å². The summed E-state index contributed by atoms with van der Waals surface area (Å²) in [5.41, 5.74) is -1.99. The third-order valence-electron chi connectivity index (χ3n) is 10.0. The zero-order valence-corrected chi connectivity index (χ0v) is 23.2. The molecule has 0 aromatic rings. The third-order valence-corrected chi connectivity index (χ3v) is 10.0. The molecule has 0 saturated heterocycles. The van der Waals surface area contributed by atoms with E-state index < -0.39 is 47.2 Å². The Kier molecular flexibility index (Phi) is 8.52. The average Bonchev–Trinajstić information content (AvgIpc) is 3.17. The highest BCUT2D eigenvalue weighted by atomic mass is 16.7. The molecule has 3 fully saturated rings. The van der Waals surface area contributed by atoms with E-state index in [-0.39, 0.29) is 61.7 Å². The van der Waals surface area contributed by atoms with Gasteiger partial charge in [-0.2, -0.15) is 0 Å². The van der Waals surface area contributed by atoms with Crippen LogP contribution in [0.25, 0.3) is 0 Å². The van der Waals surface area contributed by atoms with E-state index in [1.54, 1.807) is 12.2 Å². The number of ketones is 2. The lowest BCUT2D eigenvalue weighted by Gasteiger charge is -2.59. The van der Waals surface area contributed by atoms with Gasteiger partial charge in [0.15, 0.2) is 18.7 Å². The number of Topliss-reactive ketones (excluding diaryl/α,β-unsaturated/α-hetero) is 1. The molecular formula is C29H41NO9. The van der Waals surface area contributed by atoms with Gasteiger partial charge in [0.2, 0.25) is 11.7 Å². The molecule has 1 amide bonds. The molecule has 4 rings (SSSR count). The minimum absolute atomic E-state index is 0.00618. The number of methoxy groups -OCH3 is 2. The Morgan fingerprint density at radius 2 is 1.87 bits per heavy atom. The number of aliphatic hydroxyl groups excluding tert-OH is 1. The SMILES string of the molecule is COC(CNC(=O)CCC(=O)OCC(=O)C1(O)CCC2C3CCC4=CC(=O)C=CC4(C)C3C(O)CC21C)OC. The van der Waals surface area contributed by atoms with Gasteiger partial charge in [-0.25, -0.2) is 0 Å². The number of esters is 1. The second kappa shape index (κ2) is 11.2. The maximum atomic E-state index is 13.3. The summed E-state index contributed by atoms with van der Waals surface area (Å²) in [7, 11) is 2.89. The first kappa shape index (κ1) is 29.6. The Morgan fingerprint density at radius 1 is 1.15 bits per heavy atom. The lowest BCUT2D eigenvalue weighted by Crippen LogP contribution is -2.61. The zero-order chi connectivity index (χ0) is 28.6. The van der Waals surface area contributed by atoms with Crippen LogP contribution in [0.4, 0.5) is 0 Å². The van der Waals surface area contributed by atoms with E-state index in [4.69, 9.17) is 14.2 Å². The topological polar surface area (TPSA) is 148 Å². The van der Waals surface area contributed by atoms with Crippen LogP contribution in [0, 0.1) is 28.6 Å². The fourth-order valence-corrected chi connectivity index (χ4v) is 7.89. The van der Waals surface area contributed by atoms with Crippen LogP contribution in [0.2, 0.25) is 0 Å². The summed E-state index contributed by atoms with van der Waals surface area (Å²) in [5, 5.41) is 25.8. The fourth-order valence-electron chi connectivity index (χ4n) is 7.89. The first-order valence-corrected chi connectivity index (χ1v) is 13.8. The first-order valence-electron chi connectivity index (χ1n) is 13.8. The van der Waals surface area contributed by atoms with Crippen molar-refractivity contribution in [3.05, 3.63) is 23.8 Å².